The van der Waals surface area contributed by atoms with E-state index < -0.39 is 5.60 Å². The van der Waals surface area contributed by atoms with Gasteiger partial charge < -0.3 is 10.1 Å². The number of rotatable bonds is 1. The van der Waals surface area contributed by atoms with Crippen molar-refractivity contribution < 1.29 is 14.3 Å². The third kappa shape index (κ3) is 4.32. The minimum Gasteiger partial charge on any atom is -0.460 e. The first kappa shape index (κ1) is 12.0. The molecule has 0 spiro atoms. The van der Waals surface area contributed by atoms with Crippen molar-refractivity contribution >= 4 is 11.9 Å². The van der Waals surface area contributed by atoms with Gasteiger partial charge in [-0.2, -0.15) is 0 Å². The molecule has 1 heterocycles. The zero-order valence-corrected chi connectivity index (χ0v) is 9.63. The largest absolute Gasteiger partial charge is 0.460 e. The van der Waals surface area contributed by atoms with E-state index in [-0.39, 0.29) is 24.2 Å². The molecule has 1 amide bonds. The van der Waals surface area contributed by atoms with Gasteiger partial charge in [-0.3, -0.25) is 9.59 Å². The van der Waals surface area contributed by atoms with Gasteiger partial charge in [-0.1, -0.05) is 0 Å². The summed E-state index contributed by atoms with van der Waals surface area (Å²) < 4.78 is 5.26. The second-order valence-corrected chi connectivity index (χ2v) is 4.93. The van der Waals surface area contributed by atoms with Crippen molar-refractivity contribution in [3.63, 3.8) is 0 Å². The van der Waals surface area contributed by atoms with Crippen molar-refractivity contribution in [2.75, 3.05) is 6.54 Å². The quantitative estimate of drug-likeness (QED) is 0.667. The maximum atomic E-state index is 11.7. The number of esters is 1. The summed E-state index contributed by atoms with van der Waals surface area (Å²) >= 11 is 0. The molecule has 15 heavy (non-hydrogen) atoms. The lowest BCUT2D eigenvalue weighted by molar-refractivity contribution is -0.161. The lowest BCUT2D eigenvalue weighted by Gasteiger charge is -2.22. The first-order valence-corrected chi connectivity index (χ1v) is 5.38. The molecule has 0 aromatic carbocycles. The molecule has 1 unspecified atom stereocenters. The number of carbonyl (C=O) groups excluding carboxylic acids is 2. The Balaban J connectivity index is 2.54. The van der Waals surface area contributed by atoms with Crippen LogP contribution in [-0.4, -0.2) is 24.0 Å². The van der Waals surface area contributed by atoms with Crippen LogP contribution in [0.2, 0.25) is 0 Å². The highest BCUT2D eigenvalue weighted by Gasteiger charge is 2.28. The molecule has 1 aliphatic rings. The third-order valence-corrected chi connectivity index (χ3v) is 2.22. The van der Waals surface area contributed by atoms with E-state index in [1.807, 2.05) is 20.8 Å². The topological polar surface area (TPSA) is 55.4 Å². The average molecular weight is 213 g/mol. The maximum absolute atomic E-state index is 11.7. The number of hydrogen-bond acceptors (Lipinski definition) is 3. The first-order valence-electron chi connectivity index (χ1n) is 5.38. The van der Waals surface area contributed by atoms with E-state index in [0.717, 1.165) is 12.8 Å². The van der Waals surface area contributed by atoms with Gasteiger partial charge in [0.15, 0.2) is 0 Å². The summed E-state index contributed by atoms with van der Waals surface area (Å²) in [5, 5.41) is 2.75. The highest BCUT2D eigenvalue weighted by Crippen LogP contribution is 2.19. The first-order chi connectivity index (χ1) is 6.88. The van der Waals surface area contributed by atoms with Gasteiger partial charge in [0.25, 0.3) is 0 Å². The number of amides is 1. The Labute approximate surface area is 90.4 Å². The van der Waals surface area contributed by atoms with Crippen LogP contribution in [0.1, 0.15) is 40.0 Å². The molecule has 0 aliphatic carbocycles. The minimum atomic E-state index is -0.472. The second kappa shape index (κ2) is 4.64. The summed E-state index contributed by atoms with van der Waals surface area (Å²) in [6.07, 6.45) is 1.83. The summed E-state index contributed by atoms with van der Waals surface area (Å²) in [5.41, 5.74) is -0.472. The molecule has 4 nitrogen and oxygen atoms in total. The number of hydrogen-bond donors (Lipinski definition) is 1. The molecule has 4 heteroatoms. The van der Waals surface area contributed by atoms with E-state index in [9.17, 15) is 9.59 Å². The molecule has 0 saturated carbocycles. The van der Waals surface area contributed by atoms with E-state index in [1.54, 1.807) is 0 Å². The Hall–Kier alpha value is -1.06. The summed E-state index contributed by atoms with van der Waals surface area (Å²) in [4.78, 5) is 23.0. The molecule has 0 aromatic rings. The van der Waals surface area contributed by atoms with Gasteiger partial charge in [0, 0.05) is 13.0 Å². The Bertz CT molecular complexity index is 255. The summed E-state index contributed by atoms with van der Waals surface area (Å²) in [7, 11) is 0. The fourth-order valence-corrected chi connectivity index (χ4v) is 1.56. The molecule has 0 bridgehead atoms. The average Bonchev–Trinajstić information content (AvgIpc) is 2.26. The van der Waals surface area contributed by atoms with Gasteiger partial charge >= 0.3 is 5.97 Å². The van der Waals surface area contributed by atoms with Gasteiger partial charge in [-0.05, 0) is 33.6 Å². The lowest BCUT2D eigenvalue weighted by atomic mass is 10.0. The molecule has 86 valence electrons. The Morgan fingerprint density at radius 1 is 1.47 bits per heavy atom. The molecule has 1 rings (SSSR count). The molecule has 1 N–H and O–H groups in total. The fourth-order valence-electron chi connectivity index (χ4n) is 1.56. The number of nitrogens with one attached hydrogen (secondary N) is 1. The van der Waals surface area contributed by atoms with E-state index in [0.29, 0.717) is 6.54 Å². The molecule has 1 saturated heterocycles. The Morgan fingerprint density at radius 3 is 2.73 bits per heavy atom. The van der Waals surface area contributed by atoms with Gasteiger partial charge in [0.05, 0.1) is 5.92 Å². The molecule has 1 aliphatic heterocycles. The third-order valence-electron chi connectivity index (χ3n) is 2.22. The summed E-state index contributed by atoms with van der Waals surface area (Å²) in [6.45, 7) is 6.17. The molecular weight excluding hydrogens is 194 g/mol. The molecule has 0 radical (unpaired) electrons. The smallest absolute Gasteiger partial charge is 0.309 e. The maximum Gasteiger partial charge on any atom is 0.309 e. The van der Waals surface area contributed by atoms with E-state index in [2.05, 4.69) is 5.32 Å². The van der Waals surface area contributed by atoms with Gasteiger partial charge in [-0.25, -0.2) is 0 Å². The van der Waals surface area contributed by atoms with Crippen molar-refractivity contribution in [2.45, 2.75) is 45.6 Å². The zero-order chi connectivity index (χ0) is 11.5. The van der Waals surface area contributed by atoms with Crippen molar-refractivity contribution in [3.8, 4) is 0 Å². The van der Waals surface area contributed by atoms with Crippen LogP contribution >= 0.6 is 0 Å². The van der Waals surface area contributed by atoms with Crippen LogP contribution in [0, 0.1) is 5.92 Å². The Kier molecular flexibility index (Phi) is 3.72. The van der Waals surface area contributed by atoms with Gasteiger partial charge in [0.1, 0.15) is 5.60 Å². The minimum absolute atomic E-state index is 0.0524. The summed E-state index contributed by atoms with van der Waals surface area (Å²) in [6, 6.07) is 0. The van der Waals surface area contributed by atoms with Crippen LogP contribution in [-0.2, 0) is 14.3 Å². The highest BCUT2D eigenvalue weighted by atomic mass is 16.6. The SMILES string of the molecule is CC(C)(C)OC(=O)C1CCCNC(=O)C1. The monoisotopic (exact) mass is 213 g/mol. The molecule has 0 aromatic heterocycles. The lowest BCUT2D eigenvalue weighted by Crippen LogP contribution is -2.30. The predicted molar refractivity (Wildman–Crippen MR) is 56.2 cm³/mol. The normalized spacial score (nSPS) is 22.9. The van der Waals surface area contributed by atoms with Crippen LogP contribution in [0.25, 0.3) is 0 Å². The van der Waals surface area contributed by atoms with E-state index in [4.69, 9.17) is 4.74 Å². The van der Waals surface area contributed by atoms with Crippen LogP contribution in [0.4, 0.5) is 0 Å². The van der Waals surface area contributed by atoms with Crippen LogP contribution in [0.15, 0.2) is 0 Å². The van der Waals surface area contributed by atoms with Crippen molar-refractivity contribution in [3.05, 3.63) is 0 Å². The number of ether oxygens (including phenoxy) is 1. The second-order valence-electron chi connectivity index (χ2n) is 4.93. The summed E-state index contributed by atoms with van der Waals surface area (Å²) in [5.74, 6) is -0.574. The predicted octanol–water partition coefficient (Wildman–Crippen LogP) is 1.24. The van der Waals surface area contributed by atoms with E-state index in [1.165, 1.54) is 0 Å². The molecule has 1 atom stereocenters. The van der Waals surface area contributed by atoms with Crippen LogP contribution < -0.4 is 5.32 Å². The zero-order valence-electron chi connectivity index (χ0n) is 9.63. The van der Waals surface area contributed by atoms with E-state index >= 15 is 0 Å². The van der Waals surface area contributed by atoms with Gasteiger partial charge in [-0.15, -0.1) is 0 Å². The van der Waals surface area contributed by atoms with Crippen molar-refractivity contribution in [1.82, 2.24) is 5.32 Å². The Morgan fingerprint density at radius 2 is 2.13 bits per heavy atom. The molecule has 1 fully saturated rings. The number of carbonyl (C=O) groups is 2. The fraction of sp³-hybridized carbons (Fsp3) is 0.818. The standard InChI is InChI=1S/C11H19NO3/c1-11(2,3)15-10(14)8-5-4-6-12-9(13)7-8/h8H,4-7H2,1-3H3,(H,12,13). The van der Waals surface area contributed by atoms with Crippen molar-refractivity contribution in [1.29, 1.82) is 0 Å². The molecular formula is C11H19NO3. The van der Waals surface area contributed by atoms with Crippen LogP contribution in [0.5, 0.6) is 0 Å². The van der Waals surface area contributed by atoms with Crippen LogP contribution in [0.3, 0.4) is 0 Å². The highest BCUT2D eigenvalue weighted by molar-refractivity contribution is 5.83. The van der Waals surface area contributed by atoms with Gasteiger partial charge in [0.2, 0.25) is 5.91 Å². The van der Waals surface area contributed by atoms with Crippen molar-refractivity contribution in [2.24, 2.45) is 5.92 Å².